The third kappa shape index (κ3) is 4.08. The predicted molar refractivity (Wildman–Crippen MR) is 111 cm³/mol. The molecule has 1 unspecified atom stereocenters. The van der Waals surface area contributed by atoms with Gasteiger partial charge in [-0.15, -0.1) is 0 Å². The van der Waals surface area contributed by atoms with E-state index in [4.69, 9.17) is 0 Å². The molecule has 0 saturated heterocycles. The molecule has 5 nitrogen and oxygen atoms in total. The molecule has 4 rings (SSSR count). The van der Waals surface area contributed by atoms with Crippen LogP contribution in [0.1, 0.15) is 60.5 Å². The summed E-state index contributed by atoms with van der Waals surface area (Å²) >= 11 is 0. The van der Waals surface area contributed by atoms with Crippen molar-refractivity contribution in [2.75, 3.05) is 0 Å². The Balaban J connectivity index is 1.56. The number of pyridine rings is 1. The molecule has 2 heterocycles. The largest absolute Gasteiger partial charge is 0.325 e. The number of nitrogens with zero attached hydrogens (tertiary/aromatic N) is 1. The van der Waals surface area contributed by atoms with Crippen LogP contribution in [0.15, 0.2) is 52.2 Å². The van der Waals surface area contributed by atoms with Gasteiger partial charge in [0, 0.05) is 29.6 Å². The molecule has 0 spiro atoms. The van der Waals surface area contributed by atoms with E-state index in [2.05, 4.69) is 39.3 Å². The quantitative estimate of drug-likeness (QED) is 0.851. The van der Waals surface area contributed by atoms with Crippen LogP contribution in [0.4, 0.5) is 0 Å². The Hall–Kier alpha value is -2.69. The lowest BCUT2D eigenvalue weighted by Crippen LogP contribution is -2.31. The highest BCUT2D eigenvalue weighted by Crippen LogP contribution is 2.40. The number of aromatic nitrogens is 3. The van der Waals surface area contributed by atoms with Crippen LogP contribution in [-0.2, 0) is 6.42 Å². The van der Waals surface area contributed by atoms with Crippen LogP contribution in [0.3, 0.4) is 0 Å². The lowest BCUT2D eigenvalue weighted by molar-refractivity contribution is 0.262. The maximum atomic E-state index is 12.6. The van der Waals surface area contributed by atoms with E-state index < -0.39 is 5.69 Å². The Morgan fingerprint density at radius 2 is 1.93 bits per heavy atom. The molecule has 28 heavy (non-hydrogen) atoms. The lowest BCUT2D eigenvalue weighted by Gasteiger charge is -2.33. The molecule has 2 aromatic heterocycles. The first-order chi connectivity index (χ1) is 13.6. The van der Waals surface area contributed by atoms with Gasteiger partial charge >= 0.3 is 5.69 Å². The predicted octanol–water partition coefficient (Wildman–Crippen LogP) is 3.76. The van der Waals surface area contributed by atoms with Crippen molar-refractivity contribution >= 4 is 0 Å². The maximum absolute atomic E-state index is 12.6. The van der Waals surface area contributed by atoms with Crippen LogP contribution < -0.4 is 11.2 Å². The molecule has 146 valence electrons. The summed E-state index contributed by atoms with van der Waals surface area (Å²) in [5, 5.41) is 0. The zero-order chi connectivity index (χ0) is 19.5. The van der Waals surface area contributed by atoms with Gasteiger partial charge in [-0.1, -0.05) is 24.3 Å². The highest BCUT2D eigenvalue weighted by Gasteiger charge is 2.29. The van der Waals surface area contributed by atoms with E-state index in [0.29, 0.717) is 23.8 Å². The highest BCUT2D eigenvalue weighted by atomic mass is 16.2. The molecule has 0 amide bonds. The molecule has 1 atom stereocenters. The average molecular weight is 377 g/mol. The summed E-state index contributed by atoms with van der Waals surface area (Å²) in [6.45, 7) is 2.01. The van der Waals surface area contributed by atoms with Gasteiger partial charge in [-0.3, -0.25) is 14.8 Å². The molecule has 0 aromatic carbocycles. The summed E-state index contributed by atoms with van der Waals surface area (Å²) < 4.78 is 0. The molecule has 0 radical (unpaired) electrons. The molecule has 2 aromatic rings. The molecule has 2 aliphatic carbocycles. The summed E-state index contributed by atoms with van der Waals surface area (Å²) in [4.78, 5) is 34.3. The molecule has 5 heteroatoms. The van der Waals surface area contributed by atoms with Crippen molar-refractivity contribution in [2.45, 2.75) is 51.4 Å². The molecule has 0 bridgehead atoms. The van der Waals surface area contributed by atoms with Crippen LogP contribution in [0.25, 0.3) is 0 Å². The maximum Gasteiger partial charge on any atom is 0.325 e. The molecular weight excluding hydrogens is 350 g/mol. The summed E-state index contributed by atoms with van der Waals surface area (Å²) in [7, 11) is 0. The molecule has 1 fully saturated rings. The molecule has 2 aliphatic rings. The van der Waals surface area contributed by atoms with Gasteiger partial charge in [0.1, 0.15) is 0 Å². The number of rotatable bonds is 4. The van der Waals surface area contributed by atoms with Crippen molar-refractivity contribution in [3.05, 3.63) is 86.0 Å². The molecule has 2 N–H and O–H groups in total. The fraction of sp³-hybridized carbons (Fsp3) is 0.435. The van der Waals surface area contributed by atoms with Crippen LogP contribution in [0, 0.1) is 18.8 Å². The Labute approximate surface area is 164 Å². The first kappa shape index (κ1) is 18.7. The fourth-order valence-corrected chi connectivity index (χ4v) is 4.72. The number of aromatic amines is 2. The van der Waals surface area contributed by atoms with Gasteiger partial charge in [0.25, 0.3) is 5.56 Å². The normalized spacial score (nSPS) is 24.4. The van der Waals surface area contributed by atoms with Gasteiger partial charge in [0.05, 0.1) is 0 Å². The number of H-pyrrole nitrogens is 2. The molecule has 1 saturated carbocycles. The minimum absolute atomic E-state index is 0.231. The topological polar surface area (TPSA) is 78.6 Å². The van der Waals surface area contributed by atoms with Gasteiger partial charge in [-0.25, -0.2) is 4.79 Å². The van der Waals surface area contributed by atoms with Gasteiger partial charge in [-0.05, 0) is 74.5 Å². The SMILES string of the molecule is Cc1ccnc(Cc2c(=O)[nH]c(=O)[nH]c2[C@H]2CC[C@H](C3C=CC=CC3)CC2)c1. The van der Waals surface area contributed by atoms with Crippen LogP contribution in [0.5, 0.6) is 0 Å². The van der Waals surface area contributed by atoms with Crippen molar-refractivity contribution in [1.82, 2.24) is 15.0 Å². The summed E-state index contributed by atoms with van der Waals surface area (Å²) in [6, 6.07) is 3.94. The number of hydrogen-bond donors (Lipinski definition) is 2. The fourth-order valence-electron chi connectivity index (χ4n) is 4.72. The second-order valence-corrected chi connectivity index (χ2v) is 8.13. The van der Waals surface area contributed by atoms with Crippen molar-refractivity contribution in [3.63, 3.8) is 0 Å². The third-order valence-electron chi connectivity index (χ3n) is 6.20. The van der Waals surface area contributed by atoms with E-state index >= 15 is 0 Å². The van der Waals surface area contributed by atoms with Crippen molar-refractivity contribution in [1.29, 1.82) is 0 Å². The number of nitrogens with one attached hydrogen (secondary N) is 2. The Morgan fingerprint density at radius 3 is 2.64 bits per heavy atom. The summed E-state index contributed by atoms with van der Waals surface area (Å²) in [5.74, 6) is 1.54. The average Bonchev–Trinajstić information content (AvgIpc) is 2.71. The first-order valence-electron chi connectivity index (χ1n) is 10.2. The highest BCUT2D eigenvalue weighted by molar-refractivity contribution is 5.28. The van der Waals surface area contributed by atoms with Gasteiger partial charge in [0.15, 0.2) is 0 Å². The summed E-state index contributed by atoms with van der Waals surface area (Å²) in [5.41, 5.74) is 2.73. The van der Waals surface area contributed by atoms with Crippen molar-refractivity contribution < 1.29 is 0 Å². The van der Waals surface area contributed by atoms with E-state index in [9.17, 15) is 9.59 Å². The van der Waals surface area contributed by atoms with E-state index in [-0.39, 0.29) is 11.5 Å². The van der Waals surface area contributed by atoms with Gasteiger partial charge < -0.3 is 4.98 Å². The summed E-state index contributed by atoms with van der Waals surface area (Å²) in [6.07, 6.45) is 16.5. The molecule has 0 aliphatic heterocycles. The van der Waals surface area contributed by atoms with E-state index in [1.165, 1.54) is 0 Å². The zero-order valence-electron chi connectivity index (χ0n) is 16.3. The number of hydrogen-bond acceptors (Lipinski definition) is 3. The van der Waals surface area contributed by atoms with E-state index in [1.807, 2.05) is 19.1 Å². The van der Waals surface area contributed by atoms with E-state index in [0.717, 1.165) is 49.1 Å². The van der Waals surface area contributed by atoms with Gasteiger partial charge in [0.2, 0.25) is 0 Å². The minimum Gasteiger partial charge on any atom is -0.311 e. The number of aryl methyl sites for hydroxylation is 1. The molecular formula is C23H27N3O2. The van der Waals surface area contributed by atoms with Crippen LogP contribution in [0.2, 0.25) is 0 Å². The number of allylic oxidation sites excluding steroid dienone is 4. The van der Waals surface area contributed by atoms with Crippen molar-refractivity contribution in [2.24, 2.45) is 11.8 Å². The standard InChI is InChI=1S/C23H27N3O2/c1-15-11-12-24-19(13-15)14-20-21(25-23(28)26-22(20)27)18-9-7-17(8-10-18)16-5-3-2-4-6-16/h2-5,11-13,16-18H,6-10,14H2,1H3,(H2,25,26,27,28)/t16?,17-,18-. The smallest absolute Gasteiger partial charge is 0.311 e. The second kappa shape index (κ2) is 8.13. The Kier molecular flexibility index (Phi) is 5.42. The zero-order valence-corrected chi connectivity index (χ0v) is 16.3. The Morgan fingerprint density at radius 1 is 1.11 bits per heavy atom. The lowest BCUT2D eigenvalue weighted by atomic mass is 9.72. The second-order valence-electron chi connectivity index (χ2n) is 8.13. The van der Waals surface area contributed by atoms with Crippen molar-refractivity contribution in [3.8, 4) is 0 Å². The van der Waals surface area contributed by atoms with Crippen LogP contribution in [-0.4, -0.2) is 15.0 Å². The Bertz CT molecular complexity index is 1010. The first-order valence-corrected chi connectivity index (χ1v) is 10.2. The third-order valence-corrected chi connectivity index (χ3v) is 6.20. The minimum atomic E-state index is -0.413. The van der Waals surface area contributed by atoms with Crippen LogP contribution >= 0.6 is 0 Å². The monoisotopic (exact) mass is 377 g/mol. The van der Waals surface area contributed by atoms with Gasteiger partial charge in [-0.2, -0.15) is 0 Å². The van der Waals surface area contributed by atoms with E-state index in [1.54, 1.807) is 6.20 Å².